The van der Waals surface area contributed by atoms with Gasteiger partial charge in [0.15, 0.2) is 0 Å². The van der Waals surface area contributed by atoms with Gasteiger partial charge in [0.05, 0.1) is 6.10 Å². The third-order valence-electron chi connectivity index (χ3n) is 1.78. The maximum atomic E-state index is 5.38. The summed E-state index contributed by atoms with van der Waals surface area (Å²) in [7, 11) is 1.62. The number of ether oxygens (including phenoxy) is 2. The molecule has 0 aliphatic rings. The van der Waals surface area contributed by atoms with E-state index in [1.807, 2.05) is 31.2 Å². The maximum Gasteiger partial charge on any atom is 0.147 e. The Morgan fingerprint density at radius 2 is 1.92 bits per heavy atom. The molecule has 1 unspecified atom stereocenters. The topological polar surface area (TPSA) is 18.5 Å². The third-order valence-corrected chi connectivity index (χ3v) is 2.30. The summed E-state index contributed by atoms with van der Waals surface area (Å²) in [6.07, 6.45) is 0.0769. The zero-order valence-electron chi connectivity index (χ0n) is 7.79. The summed E-state index contributed by atoms with van der Waals surface area (Å²) in [5.41, 5.74) is 1.15. The van der Waals surface area contributed by atoms with Crippen LogP contribution in [0.1, 0.15) is 18.6 Å². The first-order valence-corrected chi connectivity index (χ1v) is 4.89. The molecular formula is C10H13BrO2. The maximum absolute atomic E-state index is 5.38. The normalized spacial score (nSPS) is 12.8. The number of hydrogen-bond acceptors (Lipinski definition) is 2. The Morgan fingerprint density at radius 3 is 2.46 bits per heavy atom. The zero-order valence-corrected chi connectivity index (χ0v) is 9.37. The van der Waals surface area contributed by atoms with Crippen molar-refractivity contribution < 1.29 is 9.47 Å². The first-order chi connectivity index (χ1) is 6.24. The van der Waals surface area contributed by atoms with Crippen molar-refractivity contribution in [3.63, 3.8) is 0 Å². The second kappa shape index (κ2) is 5.37. The highest BCUT2D eigenvalue weighted by molar-refractivity contribution is 9.10. The quantitative estimate of drug-likeness (QED) is 0.758. The fourth-order valence-electron chi connectivity index (χ4n) is 1.00. The molecule has 3 heteroatoms. The zero-order chi connectivity index (χ0) is 9.68. The molecule has 13 heavy (non-hydrogen) atoms. The molecule has 0 heterocycles. The van der Waals surface area contributed by atoms with Gasteiger partial charge in [0.1, 0.15) is 6.79 Å². The van der Waals surface area contributed by atoms with E-state index in [0.717, 1.165) is 10.0 Å². The summed E-state index contributed by atoms with van der Waals surface area (Å²) in [4.78, 5) is 0. The van der Waals surface area contributed by atoms with E-state index < -0.39 is 0 Å². The van der Waals surface area contributed by atoms with Crippen LogP contribution < -0.4 is 0 Å². The molecule has 1 aromatic carbocycles. The largest absolute Gasteiger partial charge is 0.359 e. The van der Waals surface area contributed by atoms with E-state index in [1.54, 1.807) is 7.11 Å². The van der Waals surface area contributed by atoms with Crippen LogP contribution in [-0.2, 0) is 9.47 Å². The number of rotatable bonds is 4. The molecule has 0 radical (unpaired) electrons. The predicted octanol–water partition coefficient (Wildman–Crippen LogP) is 3.13. The van der Waals surface area contributed by atoms with Gasteiger partial charge >= 0.3 is 0 Å². The molecule has 0 bridgehead atoms. The third kappa shape index (κ3) is 3.46. The number of hydrogen-bond donors (Lipinski definition) is 0. The summed E-state index contributed by atoms with van der Waals surface area (Å²) in [6.45, 7) is 2.33. The van der Waals surface area contributed by atoms with Crippen molar-refractivity contribution >= 4 is 15.9 Å². The van der Waals surface area contributed by atoms with Crippen LogP contribution >= 0.6 is 15.9 Å². The van der Waals surface area contributed by atoms with Crippen molar-refractivity contribution in [2.75, 3.05) is 13.9 Å². The van der Waals surface area contributed by atoms with E-state index in [4.69, 9.17) is 9.47 Å². The van der Waals surface area contributed by atoms with E-state index in [0.29, 0.717) is 6.79 Å². The molecular weight excluding hydrogens is 232 g/mol. The van der Waals surface area contributed by atoms with Gasteiger partial charge in [0, 0.05) is 11.6 Å². The second-order valence-electron chi connectivity index (χ2n) is 2.77. The van der Waals surface area contributed by atoms with Crippen LogP contribution in [0.25, 0.3) is 0 Å². The van der Waals surface area contributed by atoms with Gasteiger partial charge in [-0.15, -0.1) is 0 Å². The minimum atomic E-state index is 0.0769. The number of benzene rings is 1. The molecule has 1 aromatic rings. The Bertz CT molecular complexity index is 246. The van der Waals surface area contributed by atoms with Gasteiger partial charge in [-0.05, 0) is 24.6 Å². The Balaban J connectivity index is 2.55. The minimum absolute atomic E-state index is 0.0769. The van der Waals surface area contributed by atoms with Crippen molar-refractivity contribution in [2.24, 2.45) is 0 Å². The molecule has 0 N–H and O–H groups in total. The lowest BCUT2D eigenvalue weighted by Crippen LogP contribution is -2.02. The SMILES string of the molecule is COCOC(C)c1ccc(Br)cc1. The summed E-state index contributed by atoms with van der Waals surface area (Å²) >= 11 is 3.38. The molecule has 0 spiro atoms. The lowest BCUT2D eigenvalue weighted by Gasteiger charge is -2.12. The van der Waals surface area contributed by atoms with E-state index in [-0.39, 0.29) is 6.10 Å². The van der Waals surface area contributed by atoms with Crippen LogP contribution in [0.2, 0.25) is 0 Å². The average molecular weight is 245 g/mol. The van der Waals surface area contributed by atoms with Crippen LogP contribution in [-0.4, -0.2) is 13.9 Å². The second-order valence-corrected chi connectivity index (χ2v) is 3.68. The highest BCUT2D eigenvalue weighted by Crippen LogP contribution is 2.19. The first-order valence-electron chi connectivity index (χ1n) is 4.10. The summed E-state index contributed by atoms with van der Waals surface area (Å²) < 4.78 is 11.3. The Hall–Kier alpha value is -0.380. The van der Waals surface area contributed by atoms with Gasteiger partial charge in [-0.1, -0.05) is 28.1 Å². The van der Waals surface area contributed by atoms with Gasteiger partial charge in [0.25, 0.3) is 0 Å². The van der Waals surface area contributed by atoms with E-state index >= 15 is 0 Å². The summed E-state index contributed by atoms with van der Waals surface area (Å²) in [6, 6.07) is 8.07. The molecule has 0 aromatic heterocycles. The fourth-order valence-corrected chi connectivity index (χ4v) is 1.26. The monoisotopic (exact) mass is 244 g/mol. The van der Waals surface area contributed by atoms with Crippen LogP contribution in [0.15, 0.2) is 28.7 Å². The Morgan fingerprint density at radius 1 is 1.31 bits per heavy atom. The molecule has 72 valence electrons. The summed E-state index contributed by atoms with van der Waals surface area (Å²) in [5.74, 6) is 0. The fraction of sp³-hybridized carbons (Fsp3) is 0.400. The van der Waals surface area contributed by atoms with Gasteiger partial charge < -0.3 is 9.47 Å². The van der Waals surface area contributed by atoms with Crippen LogP contribution in [0.3, 0.4) is 0 Å². The highest BCUT2D eigenvalue weighted by Gasteiger charge is 2.04. The van der Waals surface area contributed by atoms with Crippen molar-refractivity contribution in [3.8, 4) is 0 Å². The van der Waals surface area contributed by atoms with E-state index in [2.05, 4.69) is 15.9 Å². The van der Waals surface area contributed by atoms with Crippen molar-refractivity contribution in [2.45, 2.75) is 13.0 Å². The average Bonchev–Trinajstić information content (AvgIpc) is 2.15. The number of methoxy groups -OCH3 is 1. The Labute approximate surface area is 87.0 Å². The van der Waals surface area contributed by atoms with Crippen LogP contribution in [0, 0.1) is 0 Å². The van der Waals surface area contributed by atoms with Crippen molar-refractivity contribution in [3.05, 3.63) is 34.3 Å². The standard InChI is InChI=1S/C10H13BrO2/c1-8(13-7-12-2)9-3-5-10(11)6-4-9/h3-6,8H,7H2,1-2H3. The molecule has 0 amide bonds. The molecule has 1 atom stereocenters. The lowest BCUT2D eigenvalue weighted by molar-refractivity contribution is -0.0666. The molecule has 0 saturated carbocycles. The number of halogens is 1. The Kier molecular flexibility index (Phi) is 4.42. The minimum Gasteiger partial charge on any atom is -0.359 e. The molecule has 1 rings (SSSR count). The smallest absolute Gasteiger partial charge is 0.147 e. The van der Waals surface area contributed by atoms with Crippen LogP contribution in [0.5, 0.6) is 0 Å². The summed E-state index contributed by atoms with van der Waals surface area (Å²) in [5, 5.41) is 0. The van der Waals surface area contributed by atoms with Crippen molar-refractivity contribution in [1.29, 1.82) is 0 Å². The van der Waals surface area contributed by atoms with Gasteiger partial charge in [-0.25, -0.2) is 0 Å². The highest BCUT2D eigenvalue weighted by atomic mass is 79.9. The molecule has 0 fully saturated rings. The molecule has 0 aliphatic heterocycles. The van der Waals surface area contributed by atoms with Crippen molar-refractivity contribution in [1.82, 2.24) is 0 Å². The lowest BCUT2D eigenvalue weighted by atomic mass is 10.1. The van der Waals surface area contributed by atoms with E-state index in [9.17, 15) is 0 Å². The first kappa shape index (κ1) is 10.7. The van der Waals surface area contributed by atoms with E-state index in [1.165, 1.54) is 0 Å². The molecule has 0 aliphatic carbocycles. The predicted molar refractivity (Wildman–Crippen MR) is 55.5 cm³/mol. The molecule has 2 nitrogen and oxygen atoms in total. The molecule has 0 saturated heterocycles. The van der Waals surface area contributed by atoms with Gasteiger partial charge in [-0.2, -0.15) is 0 Å². The van der Waals surface area contributed by atoms with Gasteiger partial charge in [-0.3, -0.25) is 0 Å². The van der Waals surface area contributed by atoms with Crippen LogP contribution in [0.4, 0.5) is 0 Å². The van der Waals surface area contributed by atoms with Gasteiger partial charge in [0.2, 0.25) is 0 Å².